The van der Waals surface area contributed by atoms with Crippen molar-refractivity contribution in [3.05, 3.63) is 87.2 Å². The molecule has 2 heterocycles. The van der Waals surface area contributed by atoms with Gasteiger partial charge in [0.1, 0.15) is 5.82 Å². The Morgan fingerprint density at radius 1 is 1.10 bits per heavy atom. The summed E-state index contributed by atoms with van der Waals surface area (Å²) >= 11 is 7.35. The van der Waals surface area contributed by atoms with Crippen molar-refractivity contribution in [3.63, 3.8) is 0 Å². The molecule has 0 saturated heterocycles. The molecular formula is C21H18ClFN4OS. The maximum absolute atomic E-state index is 14.0. The van der Waals surface area contributed by atoms with Gasteiger partial charge >= 0.3 is 5.56 Å². The van der Waals surface area contributed by atoms with Crippen LogP contribution in [-0.2, 0) is 5.75 Å². The molecule has 0 spiro atoms. The zero-order chi connectivity index (χ0) is 20.5. The second-order valence-electron chi connectivity index (χ2n) is 6.88. The van der Waals surface area contributed by atoms with Gasteiger partial charge in [0.05, 0.1) is 0 Å². The average molecular weight is 429 g/mol. The minimum atomic E-state index is -0.369. The molecule has 0 bridgehead atoms. The Hall–Kier alpha value is -2.64. The van der Waals surface area contributed by atoms with Crippen LogP contribution < -0.4 is 5.56 Å². The summed E-state index contributed by atoms with van der Waals surface area (Å²) in [5.74, 6) is 0.333. The average Bonchev–Trinajstić information content (AvgIpc) is 3.12. The molecule has 5 nitrogen and oxygen atoms in total. The smallest absolute Gasteiger partial charge is 0.280 e. The van der Waals surface area contributed by atoms with Crippen molar-refractivity contribution in [2.24, 2.45) is 0 Å². The first-order valence-corrected chi connectivity index (χ1v) is 10.4. The molecule has 0 atom stereocenters. The number of nitrogens with zero attached hydrogens (tertiary/aromatic N) is 4. The molecule has 0 amide bonds. The first-order chi connectivity index (χ1) is 14.0. The fourth-order valence-corrected chi connectivity index (χ4v) is 4.26. The van der Waals surface area contributed by atoms with Gasteiger partial charge in [-0.25, -0.2) is 4.39 Å². The monoisotopic (exact) mass is 428 g/mol. The van der Waals surface area contributed by atoms with E-state index < -0.39 is 0 Å². The van der Waals surface area contributed by atoms with Crippen LogP contribution in [0.15, 0.2) is 64.8 Å². The van der Waals surface area contributed by atoms with Gasteiger partial charge in [0, 0.05) is 34.4 Å². The molecule has 0 saturated carbocycles. The SMILES string of the molecule is CC(C)c1ccc(-n2ccn3c(SCc4c(F)cccc4Cl)nnc3c2=O)cc1. The molecule has 2 aromatic heterocycles. The van der Waals surface area contributed by atoms with Gasteiger partial charge in [-0.2, -0.15) is 0 Å². The fraction of sp³-hybridized carbons (Fsp3) is 0.190. The summed E-state index contributed by atoms with van der Waals surface area (Å²) in [6.07, 6.45) is 3.42. The molecule has 0 radical (unpaired) electrons. The number of halogens is 2. The first kappa shape index (κ1) is 19.7. The van der Waals surface area contributed by atoms with Crippen molar-refractivity contribution in [1.82, 2.24) is 19.2 Å². The summed E-state index contributed by atoms with van der Waals surface area (Å²) in [5.41, 5.74) is 2.30. The van der Waals surface area contributed by atoms with E-state index in [4.69, 9.17) is 11.6 Å². The Kier molecular flexibility index (Phi) is 5.43. The third-order valence-electron chi connectivity index (χ3n) is 4.68. The standard InChI is InChI=1S/C21H18ClFN4OS/c1-13(2)14-6-8-15(9-7-14)26-10-11-27-19(20(26)28)24-25-21(27)29-12-16-17(22)4-3-5-18(16)23/h3-11,13H,12H2,1-2H3. The van der Waals surface area contributed by atoms with Gasteiger partial charge in [0.15, 0.2) is 5.16 Å². The van der Waals surface area contributed by atoms with E-state index >= 15 is 0 Å². The Morgan fingerprint density at radius 3 is 2.55 bits per heavy atom. The lowest BCUT2D eigenvalue weighted by molar-refractivity contribution is 0.617. The lowest BCUT2D eigenvalue weighted by Crippen LogP contribution is -2.20. The summed E-state index contributed by atoms with van der Waals surface area (Å²) in [5, 5.41) is 9.00. The molecule has 0 unspecified atom stereocenters. The van der Waals surface area contributed by atoms with Crippen molar-refractivity contribution < 1.29 is 4.39 Å². The van der Waals surface area contributed by atoms with E-state index in [-0.39, 0.29) is 22.8 Å². The van der Waals surface area contributed by atoms with E-state index in [9.17, 15) is 9.18 Å². The second-order valence-corrected chi connectivity index (χ2v) is 8.23. The van der Waals surface area contributed by atoms with Crippen LogP contribution in [0.5, 0.6) is 0 Å². The van der Waals surface area contributed by atoms with E-state index in [2.05, 4.69) is 24.0 Å². The van der Waals surface area contributed by atoms with Gasteiger partial charge in [0.2, 0.25) is 5.65 Å². The van der Waals surface area contributed by atoms with Crippen LogP contribution in [0.25, 0.3) is 11.3 Å². The van der Waals surface area contributed by atoms with Crippen molar-refractivity contribution >= 4 is 29.0 Å². The number of hydrogen-bond donors (Lipinski definition) is 0. The predicted octanol–water partition coefficient (Wildman–Crippen LogP) is 5.09. The summed E-state index contributed by atoms with van der Waals surface area (Å²) < 4.78 is 17.1. The normalized spacial score (nSPS) is 11.5. The molecule has 4 aromatic rings. The molecule has 0 aliphatic carbocycles. The quantitative estimate of drug-likeness (QED) is 0.415. The van der Waals surface area contributed by atoms with Gasteiger partial charge in [-0.1, -0.05) is 55.4 Å². The highest BCUT2D eigenvalue weighted by molar-refractivity contribution is 7.98. The number of fused-ring (bicyclic) bond motifs is 1. The molecule has 0 fully saturated rings. The highest BCUT2D eigenvalue weighted by atomic mass is 35.5. The zero-order valence-electron chi connectivity index (χ0n) is 15.8. The molecule has 8 heteroatoms. The molecule has 0 aliphatic heterocycles. The van der Waals surface area contributed by atoms with E-state index in [1.165, 1.54) is 28.0 Å². The number of hydrogen-bond acceptors (Lipinski definition) is 4. The molecule has 0 N–H and O–H groups in total. The summed E-state index contributed by atoms with van der Waals surface area (Å²) in [6.45, 7) is 4.24. The number of aromatic nitrogens is 4. The minimum absolute atomic E-state index is 0.211. The highest BCUT2D eigenvalue weighted by Gasteiger charge is 2.14. The Labute approximate surface area is 176 Å². The highest BCUT2D eigenvalue weighted by Crippen LogP contribution is 2.27. The van der Waals surface area contributed by atoms with Crippen molar-refractivity contribution in [3.8, 4) is 5.69 Å². The summed E-state index contributed by atoms with van der Waals surface area (Å²) in [6, 6.07) is 12.4. The van der Waals surface area contributed by atoms with E-state index in [1.54, 1.807) is 28.9 Å². The summed E-state index contributed by atoms with van der Waals surface area (Å²) in [4.78, 5) is 12.9. The lowest BCUT2D eigenvalue weighted by Gasteiger charge is -2.09. The largest absolute Gasteiger partial charge is 0.300 e. The van der Waals surface area contributed by atoms with Crippen LogP contribution in [0.3, 0.4) is 0 Å². The number of benzene rings is 2. The zero-order valence-corrected chi connectivity index (χ0v) is 17.4. The van der Waals surface area contributed by atoms with Crippen LogP contribution in [-0.4, -0.2) is 19.2 Å². The van der Waals surface area contributed by atoms with E-state index in [1.807, 2.05) is 24.3 Å². The third kappa shape index (κ3) is 3.80. The van der Waals surface area contributed by atoms with Crippen LogP contribution >= 0.6 is 23.4 Å². The second kappa shape index (κ2) is 8.00. The first-order valence-electron chi connectivity index (χ1n) is 9.08. The Balaban J connectivity index is 1.64. The molecule has 148 valence electrons. The van der Waals surface area contributed by atoms with Crippen molar-refractivity contribution in [1.29, 1.82) is 0 Å². The molecular weight excluding hydrogens is 411 g/mol. The fourth-order valence-electron chi connectivity index (χ4n) is 2.99. The molecule has 4 rings (SSSR count). The van der Waals surface area contributed by atoms with Gasteiger partial charge in [-0.3, -0.25) is 13.8 Å². The van der Waals surface area contributed by atoms with Gasteiger partial charge < -0.3 is 0 Å². The Bertz CT molecular complexity index is 1210. The van der Waals surface area contributed by atoms with Crippen LogP contribution in [0, 0.1) is 5.82 Å². The number of thioether (sulfide) groups is 1. The maximum Gasteiger partial charge on any atom is 0.300 e. The van der Waals surface area contributed by atoms with Crippen molar-refractivity contribution in [2.75, 3.05) is 0 Å². The minimum Gasteiger partial charge on any atom is -0.280 e. The van der Waals surface area contributed by atoms with Crippen LogP contribution in [0.2, 0.25) is 5.02 Å². The van der Waals surface area contributed by atoms with Crippen molar-refractivity contribution in [2.45, 2.75) is 30.7 Å². The van der Waals surface area contributed by atoms with E-state index in [0.29, 0.717) is 21.7 Å². The third-order valence-corrected chi connectivity index (χ3v) is 6.01. The Morgan fingerprint density at radius 2 is 1.86 bits per heavy atom. The van der Waals surface area contributed by atoms with Gasteiger partial charge in [-0.15, -0.1) is 10.2 Å². The summed E-state index contributed by atoms with van der Waals surface area (Å²) in [7, 11) is 0. The molecule has 0 aliphatic rings. The lowest BCUT2D eigenvalue weighted by atomic mass is 10.0. The van der Waals surface area contributed by atoms with Crippen LogP contribution in [0.4, 0.5) is 4.39 Å². The van der Waals surface area contributed by atoms with Gasteiger partial charge in [0.25, 0.3) is 0 Å². The molecule has 29 heavy (non-hydrogen) atoms. The topological polar surface area (TPSA) is 52.2 Å². The number of rotatable bonds is 5. The van der Waals surface area contributed by atoms with Crippen LogP contribution in [0.1, 0.15) is 30.9 Å². The predicted molar refractivity (Wildman–Crippen MR) is 114 cm³/mol. The van der Waals surface area contributed by atoms with Gasteiger partial charge in [-0.05, 0) is 35.7 Å². The molecule has 2 aromatic carbocycles. The maximum atomic E-state index is 14.0. The van der Waals surface area contributed by atoms with E-state index in [0.717, 1.165) is 5.69 Å².